The molecule has 0 N–H and O–H groups in total. The van der Waals surface area contributed by atoms with Gasteiger partial charge < -0.3 is 9.80 Å². The second-order valence-electron chi connectivity index (χ2n) is 4.72. The Labute approximate surface area is 109 Å². The van der Waals surface area contributed by atoms with Gasteiger partial charge in [-0.15, -0.1) is 0 Å². The van der Waals surface area contributed by atoms with Crippen LogP contribution in [0.2, 0.25) is 0 Å². The van der Waals surface area contributed by atoms with Gasteiger partial charge in [0.25, 0.3) is 0 Å². The molecule has 3 nitrogen and oxygen atoms in total. The molecule has 96 valence electrons. The summed E-state index contributed by atoms with van der Waals surface area (Å²) in [6.07, 6.45) is 5.92. The Morgan fingerprint density at radius 3 is 2.56 bits per heavy atom. The summed E-state index contributed by atoms with van der Waals surface area (Å²) in [6, 6.07) is 4.19. The highest BCUT2D eigenvalue weighted by molar-refractivity contribution is 5.71. The van der Waals surface area contributed by atoms with Gasteiger partial charge in [0.2, 0.25) is 0 Å². The highest BCUT2D eigenvalue weighted by Gasteiger charge is 2.14. The molecule has 2 rings (SSSR count). The molecule has 0 radical (unpaired) electrons. The number of piperazine rings is 1. The van der Waals surface area contributed by atoms with Crippen molar-refractivity contribution in [2.45, 2.75) is 6.92 Å². The predicted molar refractivity (Wildman–Crippen MR) is 77.8 cm³/mol. The van der Waals surface area contributed by atoms with Crippen LogP contribution in [0.1, 0.15) is 12.5 Å². The molecule has 0 spiro atoms. The van der Waals surface area contributed by atoms with Crippen molar-refractivity contribution in [2.24, 2.45) is 0 Å². The Hall–Kier alpha value is -1.61. The van der Waals surface area contributed by atoms with Gasteiger partial charge in [-0.2, -0.15) is 0 Å². The third kappa shape index (κ3) is 2.99. The Kier molecular flexibility index (Phi) is 4.15. The summed E-state index contributed by atoms with van der Waals surface area (Å²) in [6.45, 7) is 10.3. The van der Waals surface area contributed by atoms with E-state index in [0.29, 0.717) is 0 Å². The van der Waals surface area contributed by atoms with E-state index in [1.54, 1.807) is 0 Å². The number of hydrogen-bond acceptors (Lipinski definition) is 3. The molecule has 0 amide bonds. The van der Waals surface area contributed by atoms with Crippen molar-refractivity contribution in [3.8, 4) is 0 Å². The molecule has 0 aliphatic carbocycles. The highest BCUT2D eigenvalue weighted by atomic mass is 15.3. The Morgan fingerprint density at radius 1 is 1.28 bits per heavy atom. The summed E-state index contributed by atoms with van der Waals surface area (Å²) < 4.78 is 0. The maximum Gasteiger partial charge on any atom is 0.128 e. The van der Waals surface area contributed by atoms with Crippen molar-refractivity contribution in [3.05, 3.63) is 42.6 Å². The second-order valence-corrected chi connectivity index (χ2v) is 4.72. The van der Waals surface area contributed by atoms with Crippen molar-refractivity contribution in [1.29, 1.82) is 0 Å². The molecule has 1 saturated heterocycles. The monoisotopic (exact) mass is 243 g/mol. The van der Waals surface area contributed by atoms with Crippen molar-refractivity contribution in [3.63, 3.8) is 0 Å². The van der Waals surface area contributed by atoms with Crippen LogP contribution < -0.4 is 4.90 Å². The number of allylic oxidation sites excluding steroid dienone is 3. The molecule has 3 heteroatoms. The topological polar surface area (TPSA) is 19.4 Å². The molecule has 2 heterocycles. The number of aromatic nitrogens is 1. The summed E-state index contributed by atoms with van der Waals surface area (Å²) in [5.74, 6) is 1.07. The van der Waals surface area contributed by atoms with E-state index in [4.69, 9.17) is 0 Å². The summed E-state index contributed by atoms with van der Waals surface area (Å²) in [5, 5.41) is 0. The molecule has 0 saturated carbocycles. The highest BCUT2D eigenvalue weighted by Crippen LogP contribution is 2.17. The van der Waals surface area contributed by atoms with E-state index < -0.39 is 0 Å². The van der Waals surface area contributed by atoms with Gasteiger partial charge in [0, 0.05) is 32.4 Å². The van der Waals surface area contributed by atoms with Gasteiger partial charge in [-0.3, -0.25) is 0 Å². The fourth-order valence-electron chi connectivity index (χ4n) is 2.10. The lowest BCUT2D eigenvalue weighted by Crippen LogP contribution is -2.44. The number of likely N-dealkylation sites (N-methyl/N-ethyl adjacent to an activating group) is 1. The summed E-state index contributed by atoms with van der Waals surface area (Å²) in [4.78, 5) is 9.22. The van der Waals surface area contributed by atoms with E-state index in [1.165, 1.54) is 0 Å². The largest absolute Gasteiger partial charge is 0.354 e. The molecule has 1 aliphatic rings. The predicted octanol–water partition coefficient (Wildman–Crippen LogP) is 2.42. The first-order chi connectivity index (χ1) is 8.70. The van der Waals surface area contributed by atoms with Crippen LogP contribution in [0.25, 0.3) is 5.57 Å². The maximum atomic E-state index is 4.54. The zero-order valence-corrected chi connectivity index (χ0v) is 11.3. The molecule has 0 atom stereocenters. The van der Waals surface area contributed by atoms with E-state index in [0.717, 1.165) is 43.1 Å². The third-order valence-electron chi connectivity index (χ3n) is 3.31. The lowest BCUT2D eigenvalue weighted by atomic mass is 10.1. The number of hydrogen-bond donors (Lipinski definition) is 0. The Bertz CT molecular complexity index is 426. The summed E-state index contributed by atoms with van der Waals surface area (Å²) >= 11 is 0. The second kappa shape index (κ2) is 5.83. The maximum absolute atomic E-state index is 4.54. The van der Waals surface area contributed by atoms with Crippen molar-refractivity contribution in [2.75, 3.05) is 38.1 Å². The van der Waals surface area contributed by atoms with Gasteiger partial charge in [-0.1, -0.05) is 18.7 Å². The summed E-state index contributed by atoms with van der Waals surface area (Å²) in [7, 11) is 2.16. The standard InChI is InChI=1S/C15H21N3/c1-4-5-13(2)14-6-7-15(16-12-14)18-10-8-17(3)9-11-18/h4-7,12H,2,8-11H2,1,3H3/b5-4-. The molecular weight excluding hydrogens is 222 g/mol. The molecule has 18 heavy (non-hydrogen) atoms. The normalized spacial score (nSPS) is 17.3. The zero-order valence-electron chi connectivity index (χ0n) is 11.3. The van der Waals surface area contributed by atoms with Crippen LogP contribution in [0.5, 0.6) is 0 Å². The van der Waals surface area contributed by atoms with E-state index >= 15 is 0 Å². The molecule has 1 fully saturated rings. The van der Waals surface area contributed by atoms with E-state index in [1.807, 2.05) is 25.3 Å². The van der Waals surface area contributed by atoms with Gasteiger partial charge in [0.05, 0.1) is 0 Å². The molecule has 0 aromatic carbocycles. The number of rotatable bonds is 3. The van der Waals surface area contributed by atoms with Crippen molar-refractivity contribution in [1.82, 2.24) is 9.88 Å². The first kappa shape index (κ1) is 12.8. The first-order valence-corrected chi connectivity index (χ1v) is 6.42. The minimum atomic E-state index is 1.01. The van der Waals surface area contributed by atoms with Gasteiger partial charge in [0.1, 0.15) is 5.82 Å². The van der Waals surface area contributed by atoms with Crippen molar-refractivity contribution < 1.29 is 0 Å². The van der Waals surface area contributed by atoms with Crippen LogP contribution in [0.4, 0.5) is 5.82 Å². The SMILES string of the molecule is C=C(/C=C\C)c1ccc(N2CCN(C)CC2)nc1. The molecule has 1 aliphatic heterocycles. The quantitative estimate of drug-likeness (QED) is 0.760. The molecular formula is C15H21N3. The summed E-state index contributed by atoms with van der Waals surface area (Å²) in [5.41, 5.74) is 2.10. The van der Waals surface area contributed by atoms with Crippen LogP contribution in [-0.4, -0.2) is 43.1 Å². The molecule has 1 aromatic rings. The van der Waals surface area contributed by atoms with Gasteiger partial charge in [-0.05, 0) is 37.2 Å². The van der Waals surface area contributed by atoms with E-state index in [2.05, 4.69) is 40.5 Å². The molecule has 1 aromatic heterocycles. The average molecular weight is 243 g/mol. The average Bonchev–Trinajstić information content (AvgIpc) is 2.40. The Balaban J connectivity index is 2.05. The van der Waals surface area contributed by atoms with Crippen LogP contribution >= 0.6 is 0 Å². The minimum Gasteiger partial charge on any atom is -0.354 e. The lowest BCUT2D eigenvalue weighted by molar-refractivity contribution is 0.312. The number of pyridine rings is 1. The van der Waals surface area contributed by atoms with Crippen LogP contribution in [-0.2, 0) is 0 Å². The molecule has 0 bridgehead atoms. The lowest BCUT2D eigenvalue weighted by Gasteiger charge is -2.33. The van der Waals surface area contributed by atoms with Crippen LogP contribution in [0.3, 0.4) is 0 Å². The number of nitrogens with zero attached hydrogens (tertiary/aromatic N) is 3. The fourth-order valence-corrected chi connectivity index (χ4v) is 2.10. The van der Waals surface area contributed by atoms with Gasteiger partial charge in [0.15, 0.2) is 0 Å². The third-order valence-corrected chi connectivity index (χ3v) is 3.31. The van der Waals surface area contributed by atoms with Crippen LogP contribution in [0.15, 0.2) is 37.1 Å². The minimum absolute atomic E-state index is 1.01. The van der Waals surface area contributed by atoms with Crippen molar-refractivity contribution >= 4 is 11.4 Å². The van der Waals surface area contributed by atoms with Gasteiger partial charge in [-0.25, -0.2) is 4.98 Å². The molecule has 0 unspecified atom stereocenters. The van der Waals surface area contributed by atoms with E-state index in [-0.39, 0.29) is 0 Å². The van der Waals surface area contributed by atoms with Gasteiger partial charge >= 0.3 is 0 Å². The fraction of sp³-hybridized carbons (Fsp3) is 0.400. The zero-order chi connectivity index (χ0) is 13.0. The van der Waals surface area contributed by atoms with Crippen LogP contribution in [0, 0.1) is 0 Å². The Morgan fingerprint density at radius 2 is 2.00 bits per heavy atom. The smallest absolute Gasteiger partial charge is 0.128 e. The number of anilines is 1. The van der Waals surface area contributed by atoms with E-state index in [9.17, 15) is 0 Å². The first-order valence-electron chi connectivity index (χ1n) is 6.42.